The Labute approximate surface area is 128 Å². The van der Waals surface area contributed by atoms with Crippen molar-refractivity contribution in [2.24, 2.45) is 11.7 Å². The number of carbonyl (C=O) groups excluding carboxylic acids is 2. The van der Waals surface area contributed by atoms with Gasteiger partial charge in [-0.2, -0.15) is 0 Å². The smallest absolute Gasteiger partial charge is 0.350 e. The predicted molar refractivity (Wildman–Crippen MR) is 82.5 cm³/mol. The lowest BCUT2D eigenvalue weighted by atomic mass is 9.95. The van der Waals surface area contributed by atoms with Gasteiger partial charge in [-0.15, -0.1) is 11.3 Å². The first kappa shape index (κ1) is 15.9. The molecule has 0 spiro atoms. The summed E-state index contributed by atoms with van der Waals surface area (Å²) in [5, 5.41) is 4.53. The van der Waals surface area contributed by atoms with Crippen LogP contribution in [0.1, 0.15) is 23.0 Å². The maximum absolute atomic E-state index is 12.1. The van der Waals surface area contributed by atoms with Gasteiger partial charge in [0.25, 0.3) is 0 Å². The third-order valence-corrected chi connectivity index (χ3v) is 4.63. The number of methoxy groups -OCH3 is 1. The molecule has 7 heteroatoms. The molecule has 2 atom stereocenters. The highest BCUT2D eigenvalue weighted by atomic mass is 32.1. The average molecular weight is 311 g/mol. The molecule has 2 rings (SSSR count). The molecule has 21 heavy (non-hydrogen) atoms. The number of nitrogens with one attached hydrogen (secondary N) is 1. The zero-order valence-corrected chi connectivity index (χ0v) is 13.1. The van der Waals surface area contributed by atoms with Crippen molar-refractivity contribution in [3.8, 4) is 0 Å². The molecule has 1 aliphatic heterocycles. The summed E-state index contributed by atoms with van der Waals surface area (Å²) in [6.07, 6.45) is 0.903. The number of anilines is 1. The van der Waals surface area contributed by atoms with Gasteiger partial charge in [-0.3, -0.25) is 9.69 Å². The van der Waals surface area contributed by atoms with E-state index in [1.54, 1.807) is 11.4 Å². The van der Waals surface area contributed by atoms with E-state index in [0.717, 1.165) is 19.5 Å². The van der Waals surface area contributed by atoms with Crippen molar-refractivity contribution in [2.75, 3.05) is 32.1 Å². The van der Waals surface area contributed by atoms with Crippen LogP contribution in [0.3, 0.4) is 0 Å². The van der Waals surface area contributed by atoms with Crippen LogP contribution in [0.4, 0.5) is 5.69 Å². The van der Waals surface area contributed by atoms with Crippen LogP contribution in [0.2, 0.25) is 0 Å². The van der Waals surface area contributed by atoms with Crippen LogP contribution in [-0.4, -0.2) is 49.6 Å². The quantitative estimate of drug-likeness (QED) is 0.815. The van der Waals surface area contributed by atoms with E-state index in [9.17, 15) is 9.59 Å². The fourth-order valence-corrected chi connectivity index (χ4v) is 3.21. The van der Waals surface area contributed by atoms with Gasteiger partial charge >= 0.3 is 5.97 Å². The summed E-state index contributed by atoms with van der Waals surface area (Å²) in [5.41, 5.74) is 6.48. The lowest BCUT2D eigenvalue weighted by molar-refractivity contribution is -0.117. The molecule has 2 heterocycles. The number of hydrogen-bond acceptors (Lipinski definition) is 6. The molecule has 1 fully saturated rings. The number of carbonyl (C=O) groups is 2. The lowest BCUT2D eigenvalue weighted by Crippen LogP contribution is -2.48. The van der Waals surface area contributed by atoms with Gasteiger partial charge in [0.1, 0.15) is 4.88 Å². The van der Waals surface area contributed by atoms with Crippen LogP contribution in [0.15, 0.2) is 11.4 Å². The van der Waals surface area contributed by atoms with E-state index >= 15 is 0 Å². The van der Waals surface area contributed by atoms with Crippen LogP contribution >= 0.6 is 11.3 Å². The van der Waals surface area contributed by atoms with Gasteiger partial charge in [0.05, 0.1) is 19.3 Å². The molecule has 6 nitrogen and oxygen atoms in total. The highest BCUT2D eigenvalue weighted by Gasteiger charge is 2.24. The molecule has 1 aromatic rings. The maximum atomic E-state index is 12.1. The standard InChI is InChI=1S/C14H21N3O3S/c1-9-7-17(5-3-10(9)15)8-12(18)16-11-4-6-21-13(11)14(19)20-2/h4,6,9-10H,3,5,7-8,15H2,1-2H3,(H,16,18). The number of hydrogen-bond donors (Lipinski definition) is 2. The van der Waals surface area contributed by atoms with Gasteiger partial charge in [-0.1, -0.05) is 6.92 Å². The minimum Gasteiger partial charge on any atom is -0.465 e. The molecule has 1 aliphatic rings. The van der Waals surface area contributed by atoms with Crippen molar-refractivity contribution >= 4 is 28.9 Å². The minimum absolute atomic E-state index is 0.124. The molecule has 1 saturated heterocycles. The molecule has 2 unspecified atom stereocenters. The summed E-state index contributed by atoms with van der Waals surface area (Å²) >= 11 is 1.25. The Bertz CT molecular complexity index is 517. The van der Waals surface area contributed by atoms with Crippen LogP contribution in [0.25, 0.3) is 0 Å². The second-order valence-corrected chi connectivity index (χ2v) is 6.28. The average Bonchev–Trinajstić information content (AvgIpc) is 2.90. The molecule has 1 amide bonds. The number of rotatable bonds is 4. The largest absolute Gasteiger partial charge is 0.465 e. The molecule has 0 radical (unpaired) electrons. The fourth-order valence-electron chi connectivity index (χ4n) is 2.45. The number of likely N-dealkylation sites (tertiary alicyclic amines) is 1. The molecule has 1 aromatic heterocycles. The van der Waals surface area contributed by atoms with Gasteiger partial charge in [0, 0.05) is 19.1 Å². The van der Waals surface area contributed by atoms with E-state index < -0.39 is 5.97 Å². The first-order chi connectivity index (χ1) is 10.0. The first-order valence-electron chi connectivity index (χ1n) is 6.95. The zero-order chi connectivity index (χ0) is 15.4. The van der Waals surface area contributed by atoms with E-state index in [0.29, 0.717) is 23.0 Å². The first-order valence-corrected chi connectivity index (χ1v) is 7.82. The van der Waals surface area contributed by atoms with Crippen molar-refractivity contribution in [1.29, 1.82) is 0 Å². The highest BCUT2D eigenvalue weighted by Crippen LogP contribution is 2.23. The number of nitrogens with zero attached hydrogens (tertiary/aromatic N) is 1. The van der Waals surface area contributed by atoms with Gasteiger partial charge < -0.3 is 15.8 Å². The Balaban J connectivity index is 1.91. The zero-order valence-electron chi connectivity index (χ0n) is 12.3. The number of piperidine rings is 1. The molecule has 116 valence electrons. The van der Waals surface area contributed by atoms with E-state index in [2.05, 4.69) is 21.9 Å². The fraction of sp³-hybridized carbons (Fsp3) is 0.571. The Morgan fingerprint density at radius 1 is 1.57 bits per heavy atom. The third kappa shape index (κ3) is 4.03. The maximum Gasteiger partial charge on any atom is 0.350 e. The third-order valence-electron chi connectivity index (χ3n) is 3.73. The molecule has 0 saturated carbocycles. The van der Waals surface area contributed by atoms with E-state index in [1.807, 2.05) is 0 Å². The highest BCUT2D eigenvalue weighted by molar-refractivity contribution is 7.12. The van der Waals surface area contributed by atoms with Crippen molar-refractivity contribution in [3.05, 3.63) is 16.3 Å². The van der Waals surface area contributed by atoms with Crippen LogP contribution in [-0.2, 0) is 9.53 Å². The Morgan fingerprint density at radius 2 is 2.33 bits per heavy atom. The molecular weight excluding hydrogens is 290 g/mol. The topological polar surface area (TPSA) is 84.7 Å². The van der Waals surface area contributed by atoms with Crippen LogP contribution < -0.4 is 11.1 Å². The van der Waals surface area contributed by atoms with Crippen molar-refractivity contribution in [1.82, 2.24) is 4.90 Å². The van der Waals surface area contributed by atoms with Crippen LogP contribution in [0.5, 0.6) is 0 Å². The monoisotopic (exact) mass is 311 g/mol. The molecular formula is C14H21N3O3S. The predicted octanol–water partition coefficient (Wildman–Crippen LogP) is 1.14. The molecule has 0 aromatic carbocycles. The Kier molecular flexibility index (Phi) is 5.33. The second kappa shape index (κ2) is 7.02. The number of ether oxygens (including phenoxy) is 1. The summed E-state index contributed by atoms with van der Waals surface area (Å²) in [4.78, 5) is 26.2. The summed E-state index contributed by atoms with van der Waals surface area (Å²) in [6.45, 7) is 4.06. The molecule has 0 bridgehead atoms. The van der Waals surface area contributed by atoms with Crippen molar-refractivity contribution in [3.63, 3.8) is 0 Å². The van der Waals surface area contributed by atoms with E-state index in [4.69, 9.17) is 5.73 Å². The minimum atomic E-state index is -0.433. The lowest BCUT2D eigenvalue weighted by Gasteiger charge is -2.34. The Morgan fingerprint density at radius 3 is 3.00 bits per heavy atom. The number of thiophene rings is 1. The SMILES string of the molecule is COC(=O)c1sccc1NC(=O)CN1CCC(N)C(C)C1. The van der Waals surface area contributed by atoms with E-state index in [-0.39, 0.29) is 11.9 Å². The van der Waals surface area contributed by atoms with Crippen LogP contribution in [0, 0.1) is 5.92 Å². The van der Waals surface area contributed by atoms with Crippen molar-refractivity contribution < 1.29 is 14.3 Å². The van der Waals surface area contributed by atoms with E-state index in [1.165, 1.54) is 18.4 Å². The summed E-state index contributed by atoms with van der Waals surface area (Å²) in [5.74, 6) is -0.169. The molecule has 3 N–H and O–H groups in total. The van der Waals surface area contributed by atoms with Crippen molar-refractivity contribution in [2.45, 2.75) is 19.4 Å². The number of esters is 1. The van der Waals surface area contributed by atoms with Gasteiger partial charge in [-0.25, -0.2) is 4.79 Å². The molecule has 0 aliphatic carbocycles. The Hall–Kier alpha value is -1.44. The van der Waals surface area contributed by atoms with Gasteiger partial charge in [0.15, 0.2) is 0 Å². The normalized spacial score (nSPS) is 22.8. The number of nitrogens with two attached hydrogens (primary N) is 1. The summed E-state index contributed by atoms with van der Waals surface area (Å²) < 4.78 is 4.69. The number of amides is 1. The summed E-state index contributed by atoms with van der Waals surface area (Å²) in [7, 11) is 1.33. The second-order valence-electron chi connectivity index (χ2n) is 5.37. The summed E-state index contributed by atoms with van der Waals surface area (Å²) in [6, 6.07) is 1.93. The van der Waals surface area contributed by atoms with Gasteiger partial charge in [-0.05, 0) is 23.8 Å². The van der Waals surface area contributed by atoms with Gasteiger partial charge in [0.2, 0.25) is 5.91 Å².